The van der Waals surface area contributed by atoms with Crippen molar-refractivity contribution >= 4 is 0 Å². The van der Waals surface area contributed by atoms with Gasteiger partial charge in [0.05, 0.1) is 0 Å². The molecule has 1 saturated carbocycles. The van der Waals surface area contributed by atoms with Crippen LogP contribution < -0.4 is 10.6 Å². The zero-order valence-electron chi connectivity index (χ0n) is 6.28. The van der Waals surface area contributed by atoms with Gasteiger partial charge in [-0.25, -0.2) is 0 Å². The average molecular weight is 128 g/mol. The first kappa shape index (κ1) is 7.03. The fraction of sp³-hybridized carbons (Fsp3) is 1.00. The summed E-state index contributed by atoms with van der Waals surface area (Å²) < 4.78 is 0. The van der Waals surface area contributed by atoms with Gasteiger partial charge in [-0.15, -0.1) is 0 Å². The lowest BCUT2D eigenvalue weighted by Crippen LogP contribution is -2.42. The third kappa shape index (κ3) is 1.66. The molecule has 1 rings (SSSR count). The zero-order valence-corrected chi connectivity index (χ0v) is 6.28. The lowest BCUT2D eigenvalue weighted by atomic mass is 9.80. The summed E-state index contributed by atoms with van der Waals surface area (Å²) in [4.78, 5) is 0. The Kier molecular flexibility index (Phi) is 2.49. The maximum atomic E-state index is 3.26. The van der Waals surface area contributed by atoms with Gasteiger partial charge in [-0.2, -0.15) is 0 Å². The molecule has 2 N–H and O–H groups in total. The summed E-state index contributed by atoms with van der Waals surface area (Å²) in [5, 5.41) is 6.45. The Morgan fingerprint density at radius 3 is 2.44 bits per heavy atom. The Labute approximate surface area is 57.0 Å². The van der Waals surface area contributed by atoms with Gasteiger partial charge in [0.1, 0.15) is 0 Å². The molecular weight excluding hydrogens is 112 g/mol. The van der Waals surface area contributed by atoms with Crippen molar-refractivity contribution in [2.75, 3.05) is 20.6 Å². The summed E-state index contributed by atoms with van der Waals surface area (Å²) >= 11 is 0. The van der Waals surface area contributed by atoms with E-state index in [1.54, 1.807) is 0 Å². The molecule has 0 heterocycles. The van der Waals surface area contributed by atoms with Crippen LogP contribution in [0.25, 0.3) is 0 Å². The van der Waals surface area contributed by atoms with Crippen LogP contribution in [0.5, 0.6) is 0 Å². The van der Waals surface area contributed by atoms with Crippen LogP contribution >= 0.6 is 0 Å². The van der Waals surface area contributed by atoms with Crippen molar-refractivity contribution in [1.29, 1.82) is 0 Å². The molecule has 0 unspecified atom stereocenters. The van der Waals surface area contributed by atoms with Crippen molar-refractivity contribution < 1.29 is 0 Å². The smallest absolute Gasteiger partial charge is 0.00703 e. The quantitative estimate of drug-likeness (QED) is 0.567. The van der Waals surface area contributed by atoms with E-state index in [9.17, 15) is 0 Å². The molecule has 0 aromatic heterocycles. The Bertz CT molecular complexity index is 77.0. The van der Waals surface area contributed by atoms with Crippen molar-refractivity contribution in [1.82, 2.24) is 10.6 Å². The molecule has 9 heavy (non-hydrogen) atoms. The van der Waals surface area contributed by atoms with Crippen LogP contribution in [0, 0.1) is 5.92 Å². The van der Waals surface area contributed by atoms with Crippen molar-refractivity contribution in [2.24, 2.45) is 5.92 Å². The molecule has 0 amide bonds. The van der Waals surface area contributed by atoms with Crippen LogP contribution in [-0.4, -0.2) is 26.7 Å². The topological polar surface area (TPSA) is 24.1 Å². The van der Waals surface area contributed by atoms with Crippen LogP contribution in [-0.2, 0) is 0 Å². The first-order valence-electron chi connectivity index (χ1n) is 3.68. The fourth-order valence-corrected chi connectivity index (χ4v) is 1.43. The van der Waals surface area contributed by atoms with Crippen LogP contribution in [0.2, 0.25) is 0 Å². The van der Waals surface area contributed by atoms with E-state index >= 15 is 0 Å². The Morgan fingerprint density at radius 2 is 2.00 bits per heavy atom. The molecule has 0 radical (unpaired) electrons. The minimum absolute atomic E-state index is 0.809. The van der Waals surface area contributed by atoms with Gasteiger partial charge in [0, 0.05) is 6.04 Å². The highest BCUT2D eigenvalue weighted by atomic mass is 14.9. The minimum Gasteiger partial charge on any atom is -0.319 e. The van der Waals surface area contributed by atoms with Gasteiger partial charge in [0.2, 0.25) is 0 Å². The van der Waals surface area contributed by atoms with Crippen molar-refractivity contribution in [3.05, 3.63) is 0 Å². The maximum Gasteiger partial charge on any atom is 0.00703 e. The molecule has 1 fully saturated rings. The molecule has 0 saturated heterocycles. The molecule has 0 aliphatic heterocycles. The molecule has 0 aromatic carbocycles. The van der Waals surface area contributed by atoms with E-state index in [-0.39, 0.29) is 0 Å². The molecule has 2 heteroatoms. The second-order valence-corrected chi connectivity index (χ2v) is 2.88. The number of nitrogens with one attached hydrogen (secondary N) is 2. The highest BCUT2D eigenvalue weighted by Gasteiger charge is 2.26. The number of rotatable bonds is 3. The second kappa shape index (κ2) is 3.18. The molecular formula is C7H16N2. The lowest BCUT2D eigenvalue weighted by molar-refractivity contribution is 0.230. The highest BCUT2D eigenvalue weighted by Crippen LogP contribution is 2.25. The highest BCUT2D eigenvalue weighted by molar-refractivity contribution is 4.84. The van der Waals surface area contributed by atoms with Crippen molar-refractivity contribution in [2.45, 2.75) is 18.9 Å². The fourth-order valence-electron chi connectivity index (χ4n) is 1.43. The largest absolute Gasteiger partial charge is 0.319 e. The summed E-state index contributed by atoms with van der Waals surface area (Å²) in [6.07, 6.45) is 2.72. The first-order chi connectivity index (χ1) is 4.36. The Hall–Kier alpha value is -0.0800. The zero-order chi connectivity index (χ0) is 6.69. The monoisotopic (exact) mass is 128 g/mol. The van der Waals surface area contributed by atoms with Crippen LogP contribution in [0.3, 0.4) is 0 Å². The predicted molar refractivity (Wildman–Crippen MR) is 39.5 cm³/mol. The molecule has 1 aliphatic carbocycles. The van der Waals surface area contributed by atoms with Gasteiger partial charge in [-0.1, -0.05) is 0 Å². The second-order valence-electron chi connectivity index (χ2n) is 2.88. The third-order valence-electron chi connectivity index (χ3n) is 2.14. The molecule has 2 nitrogen and oxygen atoms in total. The van der Waals surface area contributed by atoms with Crippen molar-refractivity contribution in [3.8, 4) is 0 Å². The molecule has 54 valence electrons. The van der Waals surface area contributed by atoms with Crippen molar-refractivity contribution in [3.63, 3.8) is 0 Å². The van der Waals surface area contributed by atoms with Gasteiger partial charge in [0.25, 0.3) is 0 Å². The van der Waals surface area contributed by atoms with Gasteiger partial charge in [0.15, 0.2) is 0 Å². The number of hydrogen-bond donors (Lipinski definition) is 2. The lowest BCUT2D eigenvalue weighted by Gasteiger charge is -2.34. The summed E-state index contributed by atoms with van der Waals surface area (Å²) in [6.45, 7) is 1.19. The first-order valence-corrected chi connectivity index (χ1v) is 3.68. The Balaban J connectivity index is 1.98. The molecule has 0 aromatic rings. The van der Waals surface area contributed by atoms with Gasteiger partial charge in [-0.3, -0.25) is 0 Å². The summed E-state index contributed by atoms with van der Waals surface area (Å²) in [7, 11) is 4.06. The third-order valence-corrected chi connectivity index (χ3v) is 2.14. The molecule has 0 atom stereocenters. The van der Waals surface area contributed by atoms with E-state index in [0.29, 0.717) is 0 Å². The summed E-state index contributed by atoms with van der Waals surface area (Å²) in [5.41, 5.74) is 0. The number of hydrogen-bond acceptors (Lipinski definition) is 2. The molecule has 1 aliphatic rings. The van der Waals surface area contributed by atoms with E-state index in [4.69, 9.17) is 0 Å². The van der Waals surface area contributed by atoms with E-state index in [2.05, 4.69) is 10.6 Å². The predicted octanol–water partition coefficient (Wildman–Crippen LogP) is 0.204. The Morgan fingerprint density at radius 1 is 1.33 bits per heavy atom. The molecule has 0 spiro atoms. The summed E-state index contributed by atoms with van der Waals surface area (Å²) in [6, 6.07) is 0.809. The van der Waals surface area contributed by atoms with Gasteiger partial charge in [-0.05, 0) is 39.4 Å². The van der Waals surface area contributed by atoms with E-state index < -0.39 is 0 Å². The van der Waals surface area contributed by atoms with Gasteiger partial charge >= 0.3 is 0 Å². The van der Waals surface area contributed by atoms with Gasteiger partial charge < -0.3 is 10.6 Å². The van der Waals surface area contributed by atoms with Crippen LogP contribution in [0.4, 0.5) is 0 Å². The average Bonchev–Trinajstić information content (AvgIpc) is 1.77. The minimum atomic E-state index is 0.809. The molecule has 0 bridgehead atoms. The standard InChI is InChI=1S/C7H16N2/c1-8-5-6-3-7(4-6)9-2/h6-9H,3-5H2,1-2H3/t6-,7-. The van der Waals surface area contributed by atoms with E-state index in [1.165, 1.54) is 19.4 Å². The van der Waals surface area contributed by atoms with Crippen LogP contribution in [0.15, 0.2) is 0 Å². The van der Waals surface area contributed by atoms with E-state index in [0.717, 1.165) is 12.0 Å². The SMILES string of the molecule is CNC[C@H]1C[C@H](NC)C1. The van der Waals surface area contributed by atoms with Crippen LogP contribution in [0.1, 0.15) is 12.8 Å². The maximum absolute atomic E-state index is 3.26. The normalized spacial score (nSPS) is 34.0. The van der Waals surface area contributed by atoms with E-state index in [1.807, 2.05) is 14.1 Å². The summed E-state index contributed by atoms with van der Waals surface area (Å²) in [5.74, 6) is 0.937.